The van der Waals surface area contributed by atoms with Crippen molar-refractivity contribution in [2.24, 2.45) is 35.5 Å². The molecule has 4 aliphatic rings. The molecule has 1 aliphatic carbocycles. The molecule has 3 amide bonds. The van der Waals surface area contributed by atoms with Crippen LogP contribution in [0.25, 0.3) is 11.2 Å². The van der Waals surface area contributed by atoms with E-state index in [-0.39, 0.29) is 96.2 Å². The Morgan fingerprint density at radius 2 is 1.51 bits per heavy atom. The smallest absolute Gasteiger partial charge is 0.416 e. The standard InChI is InChI=1S/C51H79NO13.C20H22N8O5.C12H9F3N2O2/c1-30-16-12-11-13-17-31(2)42(61-8)28-38-21-19-36(7)51(60,65-38)48(57)49(58)52-23-15-14-18-39(52)50(59)64-43(33(4)26-37-20-22-40(53)44(27-37)62-9)29-41(54)32(3)25-35(6)46(56)47(63-10)45(55)34(5)24-30;1-28(9-11-8-23-17-15(24-11)16(21)26-20(22)27-17)12-4-2-10(3-5-12)18(31)25-13(19(32)33)6-7-14(29)30;1-7-10(6-16-19-7)11(18)17-9-4-2-8(3-5-9)12(13,14)15/h11-13,16-17,25,30,32-34,36-40,42-44,46-47,53,56,60H,14-15,18-24,26-29H2,1-10H3;2-5,8,13H,6-7,9H2,1H3,(H,25,31)(H,29,30)(H,32,33)(H4,21,22,23,26,27);2-6H,1H3,(H,17,18)/b13-11+,16-12+,31-17+,35-25+;;/t30-,32-,33+,34-,36-,37+,38+,39+,40-,42+,43+,44-,46-,47+,51-;13-;/m10./s1. The monoisotopic (exact) mass is 1640 g/mol. The SMILES string of the molecule is CN(Cc1cnc2nc(N)nc(N)c2n1)c1ccc(C(=O)N[C@@H](CCC(=O)O)C(=O)O)cc1.CO[C@H]1C[C@@H]2CC[C@@H](C)[C@@](O)(O2)C(=O)C(=O)N2CCCC[C@H]2C(=O)O[C@H]([C@@H](C)C[C@@H]2CC[C@@H](O)[C@H](OC)C2)CC(=O)[C@H](C)/C=C(\C)[C@@H](O)[C@@H](OC)C(=O)[C@H](C)C[C@H](C)/C=C/C=C/C=C/1C.Cc1oncc1C(=O)Nc1ccc(C(F)(F)F)cc1. The molecule has 6 heterocycles. The minimum absolute atomic E-state index is 0.0138. The molecule has 0 spiro atoms. The third kappa shape index (κ3) is 26.4. The number of esters is 1. The predicted molar refractivity (Wildman–Crippen MR) is 424 cm³/mol. The zero-order chi connectivity index (χ0) is 86.3. The number of rotatable bonds is 17. The maximum absolute atomic E-state index is 14.4. The van der Waals surface area contributed by atoms with E-state index >= 15 is 0 Å². The molecule has 3 aliphatic heterocycles. The molecule has 31 nitrogen and oxygen atoms in total. The molecular weight excluding hydrogens is 1530 g/mol. The fraction of sp³-hybridized carbons (Fsp3) is 0.542. The number of fused-ring (bicyclic) bond motifs is 4. The number of nitrogens with one attached hydrogen (secondary N) is 2. The topological polar surface area (TPSA) is 461 Å². The summed E-state index contributed by atoms with van der Waals surface area (Å²) in [5, 5.41) is 60.0. The number of amides is 3. The number of ketones is 3. The van der Waals surface area contributed by atoms with Gasteiger partial charge in [0.2, 0.25) is 11.7 Å². The van der Waals surface area contributed by atoms with Crippen LogP contribution < -0.4 is 27.0 Å². The van der Waals surface area contributed by atoms with Crippen LogP contribution in [0, 0.1) is 42.4 Å². The van der Waals surface area contributed by atoms with Gasteiger partial charge in [0.25, 0.3) is 23.5 Å². The number of alkyl halides is 3. The Morgan fingerprint density at radius 3 is 2.15 bits per heavy atom. The molecule has 3 fully saturated rings. The molecule has 16 atom stereocenters. The van der Waals surface area contributed by atoms with Crippen LogP contribution in [0.15, 0.2) is 113 Å². The Hall–Kier alpha value is -10.2. The molecule has 2 bridgehead atoms. The van der Waals surface area contributed by atoms with E-state index in [0.717, 1.165) is 29.8 Å². The van der Waals surface area contributed by atoms with Crippen molar-refractivity contribution in [3.05, 3.63) is 137 Å². The first-order valence-electron chi connectivity index (χ1n) is 39.0. The summed E-state index contributed by atoms with van der Waals surface area (Å²) in [5.41, 5.74) is 14.6. The van der Waals surface area contributed by atoms with Crippen molar-refractivity contribution >= 4 is 87.3 Å². The van der Waals surface area contributed by atoms with Gasteiger partial charge in [-0.15, -0.1) is 0 Å². The van der Waals surface area contributed by atoms with Gasteiger partial charge in [0, 0.05) is 88.9 Å². The van der Waals surface area contributed by atoms with Gasteiger partial charge in [-0.2, -0.15) is 23.1 Å². The van der Waals surface area contributed by atoms with E-state index in [1.54, 1.807) is 66.3 Å². The minimum Gasteiger partial charge on any atom is -0.481 e. The Kier molecular flexibility index (Phi) is 34.8. The van der Waals surface area contributed by atoms with Gasteiger partial charge in [-0.05, 0) is 169 Å². The number of carboxylic acids is 2. The van der Waals surface area contributed by atoms with Gasteiger partial charge in [-0.25, -0.2) is 19.6 Å². The van der Waals surface area contributed by atoms with Crippen molar-refractivity contribution in [2.45, 2.75) is 219 Å². The molecule has 0 radical (unpaired) electrons. The van der Waals surface area contributed by atoms with Crippen LogP contribution >= 0.6 is 0 Å². The number of allylic oxidation sites excluding steroid dienone is 6. The predicted octanol–water partition coefficient (Wildman–Crippen LogP) is 9.70. The number of hydrogen-bond acceptors (Lipinski definition) is 26. The van der Waals surface area contributed by atoms with Gasteiger partial charge >= 0.3 is 24.1 Å². The van der Waals surface area contributed by atoms with Crippen LogP contribution in [0.3, 0.4) is 0 Å². The van der Waals surface area contributed by atoms with Crippen LogP contribution in [0.5, 0.6) is 0 Å². The first-order chi connectivity index (χ1) is 55.3. The summed E-state index contributed by atoms with van der Waals surface area (Å²) in [4.78, 5) is 136. The zero-order valence-corrected chi connectivity index (χ0v) is 68.0. The number of carbonyl (C=O) groups is 9. The number of ether oxygens (including phenoxy) is 5. The third-order valence-electron chi connectivity index (χ3n) is 21.7. The average Bonchev–Trinajstić information content (AvgIpc) is 0.962. The van der Waals surface area contributed by atoms with Crippen molar-refractivity contribution < 1.29 is 110 Å². The number of benzene rings is 2. The summed E-state index contributed by atoms with van der Waals surface area (Å²) >= 11 is 0. The Bertz CT molecular complexity index is 4390. The molecule has 2 saturated heterocycles. The van der Waals surface area contributed by atoms with Gasteiger partial charge in [-0.1, -0.05) is 76.2 Å². The highest BCUT2D eigenvalue weighted by atomic mass is 19.4. The number of nitrogen functional groups attached to an aromatic ring is 2. The summed E-state index contributed by atoms with van der Waals surface area (Å²) < 4.78 is 71.1. The molecule has 2 aromatic carbocycles. The van der Waals surface area contributed by atoms with E-state index in [9.17, 15) is 76.7 Å². The zero-order valence-electron chi connectivity index (χ0n) is 68.0. The second-order valence-corrected chi connectivity index (χ2v) is 30.6. The fourth-order valence-electron chi connectivity index (χ4n) is 14.6. The number of aliphatic carboxylic acids is 2. The lowest BCUT2D eigenvalue weighted by Gasteiger charge is -2.42. The number of nitrogens with zero attached hydrogens (tertiary/aromatic N) is 7. The number of piperidine rings is 1. The van der Waals surface area contributed by atoms with Crippen LogP contribution in [-0.2, 0) is 70.0 Å². The van der Waals surface area contributed by atoms with Crippen molar-refractivity contribution in [1.82, 2.24) is 35.3 Å². The summed E-state index contributed by atoms with van der Waals surface area (Å²) in [6.45, 7) is 14.7. The maximum Gasteiger partial charge on any atom is 0.416 e. The van der Waals surface area contributed by atoms with Crippen molar-refractivity contribution in [3.63, 3.8) is 0 Å². The number of carbonyl (C=O) groups excluding carboxylic acids is 7. The lowest BCUT2D eigenvalue weighted by atomic mass is 9.78. The van der Waals surface area contributed by atoms with Crippen LogP contribution in [0.1, 0.15) is 176 Å². The second kappa shape index (κ2) is 43.3. The van der Waals surface area contributed by atoms with E-state index in [4.69, 9.17) is 44.8 Å². The van der Waals surface area contributed by atoms with Crippen LogP contribution in [0.4, 0.5) is 36.3 Å². The number of Topliss-reactive ketones (excluding diaryl/α,β-unsaturated/α-hetero) is 3. The third-order valence-corrected chi connectivity index (χ3v) is 21.7. The van der Waals surface area contributed by atoms with Crippen LogP contribution in [0.2, 0.25) is 0 Å². The summed E-state index contributed by atoms with van der Waals surface area (Å²) in [6, 6.07) is 8.19. The Labute approximate surface area is 677 Å². The number of aliphatic hydroxyl groups is 3. The van der Waals surface area contributed by atoms with E-state index in [0.29, 0.717) is 92.5 Å². The normalized spacial score (nSPS) is 27.6. The molecule has 34 heteroatoms. The van der Waals surface area contributed by atoms with Gasteiger partial charge < -0.3 is 85.6 Å². The molecule has 5 aromatic rings. The van der Waals surface area contributed by atoms with Crippen molar-refractivity contribution in [3.8, 4) is 0 Å². The molecule has 9 rings (SSSR count). The number of methoxy groups -OCH3 is 3. The van der Waals surface area contributed by atoms with Gasteiger partial charge in [0.15, 0.2) is 22.8 Å². The van der Waals surface area contributed by atoms with Gasteiger partial charge in [0.1, 0.15) is 47.5 Å². The second-order valence-electron chi connectivity index (χ2n) is 30.6. The Balaban J connectivity index is 0.000000296. The molecule has 0 unspecified atom stereocenters. The average molecular weight is 1640 g/mol. The lowest BCUT2D eigenvalue weighted by Crippen LogP contribution is -2.61. The molecular formula is C83H110F3N11O20. The number of aliphatic hydroxyl groups excluding tert-OH is 2. The van der Waals surface area contributed by atoms with E-state index in [1.165, 1.54) is 42.5 Å². The highest BCUT2D eigenvalue weighted by Gasteiger charge is 2.53. The quantitative estimate of drug-likeness (QED) is 0.0237. The highest BCUT2D eigenvalue weighted by molar-refractivity contribution is 6.39. The van der Waals surface area contributed by atoms with Gasteiger partial charge in [-0.3, -0.25) is 33.6 Å². The number of aryl methyl sites for hydroxylation is 1. The van der Waals surface area contributed by atoms with Crippen molar-refractivity contribution in [2.75, 3.05) is 56.6 Å². The molecule has 1 saturated carbocycles. The lowest BCUT2D eigenvalue weighted by molar-refractivity contribution is -0.265. The molecule has 11 N–H and O–H groups in total. The minimum atomic E-state index is -4.40. The molecule has 117 heavy (non-hydrogen) atoms. The van der Waals surface area contributed by atoms with Crippen LogP contribution in [-0.4, -0.2) is 204 Å². The fourth-order valence-corrected chi connectivity index (χ4v) is 14.6. The number of carboxylic acid groups (broad SMARTS) is 2. The summed E-state index contributed by atoms with van der Waals surface area (Å²) in [7, 11) is 6.34. The largest absolute Gasteiger partial charge is 0.481 e. The van der Waals surface area contributed by atoms with E-state index in [2.05, 4.69) is 35.7 Å². The number of hydrogen-bond donors (Lipinski definition) is 9. The van der Waals surface area contributed by atoms with Crippen molar-refractivity contribution in [1.29, 1.82) is 0 Å². The number of cyclic esters (lactones) is 1. The summed E-state index contributed by atoms with van der Waals surface area (Å²) in [5.74, 6) is -11.0. The first kappa shape index (κ1) is 93.9. The summed E-state index contributed by atoms with van der Waals surface area (Å²) in [6.07, 6.45) is 9.00. The molecule has 638 valence electrons. The molecule has 3 aromatic heterocycles. The number of anilines is 4. The Morgan fingerprint density at radius 1 is 0.812 bits per heavy atom. The number of aromatic nitrogens is 5. The highest BCUT2D eigenvalue weighted by Crippen LogP contribution is 2.39. The van der Waals surface area contributed by atoms with E-state index < -0.39 is 125 Å². The van der Waals surface area contributed by atoms with Gasteiger partial charge in [0.05, 0.1) is 54.6 Å². The first-order valence-corrected chi connectivity index (χ1v) is 39.0. The van der Waals surface area contributed by atoms with E-state index in [1.807, 2.05) is 70.0 Å². The maximum atomic E-state index is 14.4. The number of halogens is 3. The number of nitrogens with two attached hydrogens (primary N) is 2.